The van der Waals surface area contributed by atoms with Crippen LogP contribution in [-0.4, -0.2) is 63.2 Å². The third kappa shape index (κ3) is 3.44. The molecule has 8 heteroatoms. The Hall–Kier alpha value is -1.96. The van der Waals surface area contributed by atoms with Crippen LogP contribution in [0.5, 0.6) is 0 Å². The molecule has 0 saturated carbocycles. The first kappa shape index (κ1) is 16.4. The highest BCUT2D eigenvalue weighted by Gasteiger charge is 2.27. The first-order valence-electron chi connectivity index (χ1n) is 7.60. The molecule has 0 aromatic carbocycles. The molecule has 122 valence electrons. The average Bonchev–Trinajstić information content (AvgIpc) is 2.93. The number of rotatable bonds is 6. The predicted molar refractivity (Wildman–Crippen MR) is 77.7 cm³/mol. The van der Waals surface area contributed by atoms with Crippen LogP contribution in [0.3, 0.4) is 0 Å². The van der Waals surface area contributed by atoms with Crippen LogP contribution < -0.4 is 0 Å². The van der Waals surface area contributed by atoms with Gasteiger partial charge in [-0.3, -0.25) is 4.79 Å². The fourth-order valence-electron chi connectivity index (χ4n) is 2.71. The lowest BCUT2D eigenvalue weighted by Crippen LogP contribution is -2.42. The topological polar surface area (TPSA) is 97.5 Å². The van der Waals surface area contributed by atoms with Crippen LogP contribution >= 0.6 is 0 Å². The molecule has 1 amide bonds. The Balaban J connectivity index is 2.22. The van der Waals surface area contributed by atoms with E-state index in [1.165, 1.54) is 4.68 Å². The van der Waals surface area contributed by atoms with E-state index in [0.29, 0.717) is 32.0 Å². The van der Waals surface area contributed by atoms with Gasteiger partial charge in [-0.25, -0.2) is 9.48 Å². The van der Waals surface area contributed by atoms with Gasteiger partial charge in [-0.05, 0) is 12.8 Å². The van der Waals surface area contributed by atoms with E-state index in [1.54, 1.807) is 4.90 Å². The van der Waals surface area contributed by atoms with Crippen molar-refractivity contribution in [2.75, 3.05) is 26.3 Å². The molecule has 1 aromatic rings. The van der Waals surface area contributed by atoms with Crippen molar-refractivity contribution in [1.29, 1.82) is 0 Å². The number of aromatic nitrogens is 3. The van der Waals surface area contributed by atoms with Crippen LogP contribution in [0.1, 0.15) is 48.8 Å². The number of hydrogen-bond donors (Lipinski definition) is 1. The molecular formula is C14H22N4O4. The number of hydrogen-bond acceptors (Lipinski definition) is 5. The molecule has 1 fully saturated rings. The Morgan fingerprint density at radius 2 is 1.91 bits per heavy atom. The summed E-state index contributed by atoms with van der Waals surface area (Å²) in [6.07, 6.45) is 1.55. The van der Waals surface area contributed by atoms with Crippen LogP contribution in [0, 0.1) is 0 Å². The van der Waals surface area contributed by atoms with Crippen molar-refractivity contribution < 1.29 is 19.4 Å². The van der Waals surface area contributed by atoms with E-state index in [-0.39, 0.29) is 24.1 Å². The Labute approximate surface area is 129 Å². The van der Waals surface area contributed by atoms with E-state index < -0.39 is 5.97 Å². The van der Waals surface area contributed by atoms with E-state index in [9.17, 15) is 14.7 Å². The molecule has 1 aliphatic heterocycles. The zero-order chi connectivity index (χ0) is 16.1. The Bertz CT molecular complexity index is 533. The molecule has 22 heavy (non-hydrogen) atoms. The number of morpholine rings is 1. The number of nitrogens with zero attached hydrogens (tertiary/aromatic N) is 4. The van der Waals surface area contributed by atoms with Crippen LogP contribution in [0.4, 0.5) is 0 Å². The molecule has 2 heterocycles. The quantitative estimate of drug-likeness (QED) is 0.832. The number of carboxylic acids is 1. The second-order valence-corrected chi connectivity index (χ2v) is 5.29. The Morgan fingerprint density at radius 3 is 2.45 bits per heavy atom. The highest BCUT2D eigenvalue weighted by molar-refractivity contribution is 5.87. The molecule has 1 saturated heterocycles. The highest BCUT2D eigenvalue weighted by Crippen LogP contribution is 2.25. The summed E-state index contributed by atoms with van der Waals surface area (Å²) in [5.41, 5.74) is 0.489. The van der Waals surface area contributed by atoms with Crippen molar-refractivity contribution in [3.8, 4) is 0 Å². The normalized spacial score (nSPS) is 15.3. The van der Waals surface area contributed by atoms with Gasteiger partial charge < -0.3 is 14.7 Å². The summed E-state index contributed by atoms with van der Waals surface area (Å²) < 4.78 is 6.67. The van der Waals surface area contributed by atoms with Gasteiger partial charge in [0.05, 0.1) is 18.9 Å². The maximum atomic E-state index is 12.3. The van der Waals surface area contributed by atoms with E-state index >= 15 is 0 Å². The van der Waals surface area contributed by atoms with Crippen molar-refractivity contribution >= 4 is 11.9 Å². The van der Waals surface area contributed by atoms with E-state index in [0.717, 1.165) is 12.8 Å². The molecule has 0 unspecified atom stereocenters. The fourth-order valence-corrected chi connectivity index (χ4v) is 2.71. The number of aromatic carboxylic acids is 1. The fraction of sp³-hybridized carbons (Fsp3) is 0.714. The Kier molecular flexibility index (Phi) is 5.48. The lowest BCUT2D eigenvalue weighted by Gasteiger charge is -2.27. The number of carboxylic acid groups (broad SMARTS) is 1. The first-order chi connectivity index (χ1) is 10.6. The molecule has 1 aromatic heterocycles. The van der Waals surface area contributed by atoms with Crippen molar-refractivity contribution in [2.24, 2.45) is 0 Å². The molecule has 0 atom stereocenters. The van der Waals surface area contributed by atoms with E-state index in [1.807, 2.05) is 13.8 Å². The van der Waals surface area contributed by atoms with Gasteiger partial charge in [0.2, 0.25) is 5.91 Å². The van der Waals surface area contributed by atoms with Gasteiger partial charge in [0.25, 0.3) is 0 Å². The maximum Gasteiger partial charge on any atom is 0.358 e. The van der Waals surface area contributed by atoms with Gasteiger partial charge in [-0.2, -0.15) is 0 Å². The van der Waals surface area contributed by atoms with Gasteiger partial charge in [0, 0.05) is 19.0 Å². The molecule has 0 bridgehead atoms. The van der Waals surface area contributed by atoms with Gasteiger partial charge in [0.15, 0.2) is 5.69 Å². The summed E-state index contributed by atoms with van der Waals surface area (Å²) in [4.78, 5) is 25.4. The van der Waals surface area contributed by atoms with Crippen molar-refractivity contribution in [1.82, 2.24) is 19.9 Å². The van der Waals surface area contributed by atoms with Crippen molar-refractivity contribution in [2.45, 2.75) is 39.2 Å². The summed E-state index contributed by atoms with van der Waals surface area (Å²) in [6.45, 7) is 6.17. The van der Waals surface area contributed by atoms with Gasteiger partial charge >= 0.3 is 5.97 Å². The minimum Gasteiger partial charge on any atom is -0.476 e. The number of carbonyl (C=O) groups excluding carboxylic acids is 1. The third-order valence-electron chi connectivity index (χ3n) is 4.00. The monoisotopic (exact) mass is 310 g/mol. The summed E-state index contributed by atoms with van der Waals surface area (Å²) in [5, 5.41) is 16.9. The molecule has 1 aliphatic rings. The van der Waals surface area contributed by atoms with Gasteiger partial charge in [-0.1, -0.05) is 19.1 Å². The summed E-state index contributed by atoms with van der Waals surface area (Å²) in [5.74, 6) is -1.16. The molecule has 8 nitrogen and oxygen atoms in total. The second-order valence-electron chi connectivity index (χ2n) is 5.29. The SMILES string of the molecule is CCC(CC)c1c(C(=O)O)nnn1CC(=O)N1CCOCC1. The minimum atomic E-state index is -1.10. The molecule has 1 N–H and O–H groups in total. The molecule has 0 spiro atoms. The third-order valence-corrected chi connectivity index (χ3v) is 4.00. The van der Waals surface area contributed by atoms with Crippen molar-refractivity contribution in [3.63, 3.8) is 0 Å². The van der Waals surface area contributed by atoms with E-state index in [2.05, 4.69) is 10.3 Å². The summed E-state index contributed by atoms with van der Waals surface area (Å²) in [6, 6.07) is 0. The summed E-state index contributed by atoms with van der Waals surface area (Å²) in [7, 11) is 0. The lowest BCUT2D eigenvalue weighted by atomic mass is 9.97. The number of ether oxygens (including phenoxy) is 1. The molecule has 0 aliphatic carbocycles. The van der Waals surface area contributed by atoms with Crippen LogP contribution in [0.25, 0.3) is 0 Å². The molecule has 2 rings (SSSR count). The zero-order valence-corrected chi connectivity index (χ0v) is 13.0. The number of amides is 1. The van der Waals surface area contributed by atoms with Crippen LogP contribution in [0.2, 0.25) is 0 Å². The standard InChI is InChI=1S/C14H22N4O4/c1-3-10(4-2)13-12(14(20)21)15-16-18(13)9-11(19)17-5-7-22-8-6-17/h10H,3-9H2,1-2H3,(H,20,21). The van der Waals surface area contributed by atoms with Crippen LogP contribution in [0.15, 0.2) is 0 Å². The average molecular weight is 310 g/mol. The minimum absolute atomic E-state index is 0.0200. The smallest absolute Gasteiger partial charge is 0.358 e. The Morgan fingerprint density at radius 1 is 1.27 bits per heavy atom. The lowest BCUT2D eigenvalue weighted by molar-refractivity contribution is -0.136. The van der Waals surface area contributed by atoms with E-state index in [4.69, 9.17) is 4.74 Å². The number of carbonyl (C=O) groups is 2. The van der Waals surface area contributed by atoms with Gasteiger partial charge in [-0.15, -0.1) is 5.10 Å². The van der Waals surface area contributed by atoms with Gasteiger partial charge in [0.1, 0.15) is 6.54 Å². The zero-order valence-electron chi connectivity index (χ0n) is 13.0. The maximum absolute atomic E-state index is 12.3. The molecular weight excluding hydrogens is 288 g/mol. The van der Waals surface area contributed by atoms with Crippen molar-refractivity contribution in [3.05, 3.63) is 11.4 Å². The highest BCUT2D eigenvalue weighted by atomic mass is 16.5. The second kappa shape index (κ2) is 7.35. The first-order valence-corrected chi connectivity index (χ1v) is 7.60. The largest absolute Gasteiger partial charge is 0.476 e. The molecule has 0 radical (unpaired) electrons. The predicted octanol–water partition coefficient (Wildman–Crippen LogP) is 0.739. The van der Waals surface area contributed by atoms with Crippen LogP contribution in [-0.2, 0) is 16.1 Å². The summed E-state index contributed by atoms with van der Waals surface area (Å²) >= 11 is 0.